The lowest BCUT2D eigenvalue weighted by Gasteiger charge is -2.38. The summed E-state index contributed by atoms with van der Waals surface area (Å²) in [6.45, 7) is 20.0. The number of rotatable bonds is 17. The van der Waals surface area contributed by atoms with Crippen molar-refractivity contribution in [2.24, 2.45) is 45.5 Å². The molecule has 0 saturated carbocycles. The van der Waals surface area contributed by atoms with Crippen molar-refractivity contribution in [2.75, 3.05) is 19.6 Å². The first-order chi connectivity index (χ1) is 19.4. The Labute approximate surface area is 251 Å². The van der Waals surface area contributed by atoms with Crippen molar-refractivity contribution >= 4 is 11.9 Å². The summed E-state index contributed by atoms with van der Waals surface area (Å²) < 4.78 is 0. The van der Waals surface area contributed by atoms with Crippen LogP contribution in [0.3, 0.4) is 0 Å². The van der Waals surface area contributed by atoms with E-state index in [2.05, 4.69) is 60.9 Å². The van der Waals surface area contributed by atoms with Crippen molar-refractivity contribution in [1.82, 2.24) is 10.6 Å². The van der Waals surface area contributed by atoms with Crippen molar-refractivity contribution in [1.29, 1.82) is 0 Å². The number of fused-ring (bicyclic) bond motifs is 1. The molecule has 7 heteroatoms. The molecule has 2 aliphatic carbocycles. The van der Waals surface area contributed by atoms with Crippen molar-refractivity contribution in [3.63, 3.8) is 0 Å². The molecular weight excluding hydrogens is 510 g/mol. The Morgan fingerprint density at radius 3 is 2.41 bits per heavy atom. The second-order valence-electron chi connectivity index (χ2n) is 12.7. The molecule has 3 unspecified atom stereocenters. The smallest absolute Gasteiger partial charge is 0.220 e. The van der Waals surface area contributed by atoms with Gasteiger partial charge in [0.25, 0.3) is 0 Å². The average Bonchev–Trinajstić information content (AvgIpc) is 2.92. The van der Waals surface area contributed by atoms with Crippen LogP contribution in [0.5, 0.6) is 0 Å². The molecule has 2 rings (SSSR count). The standard InChI is InChI=1S/C27H47N5O.C7H14O/c1-20-12-15-25-23(18-20)14-13-21(2)24(25)10-6-4-5-7-11-26(33)32-19-22(3)30-16-8-9-17-31-27(28)29;1-5-7(3,4)6(2)8/h13-14,18,20-21,24-25,30H,3-12,15-17,19H2,1-2H3,(H,32,33)(H4,28,29,31);8H,2,5H2,1,3-4H3/t20-,21?,24?,25?;/m1./s1. The molecule has 0 fully saturated rings. The van der Waals surface area contributed by atoms with Crippen LogP contribution in [0.4, 0.5) is 0 Å². The van der Waals surface area contributed by atoms with E-state index < -0.39 is 0 Å². The Kier molecular flexibility index (Phi) is 17.2. The Morgan fingerprint density at radius 1 is 1.07 bits per heavy atom. The summed E-state index contributed by atoms with van der Waals surface area (Å²) in [5.74, 6) is 3.51. The molecule has 2 aliphatic rings. The number of aliphatic hydroxyl groups excluding tert-OH is 1. The summed E-state index contributed by atoms with van der Waals surface area (Å²) >= 11 is 0. The second kappa shape index (κ2) is 19.4. The number of carbonyl (C=O) groups is 1. The first-order valence-electron chi connectivity index (χ1n) is 15.9. The van der Waals surface area contributed by atoms with Gasteiger partial charge in [0.1, 0.15) is 0 Å². The maximum Gasteiger partial charge on any atom is 0.220 e. The van der Waals surface area contributed by atoms with E-state index in [9.17, 15) is 4.79 Å². The molecule has 41 heavy (non-hydrogen) atoms. The fourth-order valence-corrected chi connectivity index (χ4v) is 5.31. The summed E-state index contributed by atoms with van der Waals surface area (Å²) in [4.78, 5) is 16.1. The molecular formula is C34H61N5O2. The summed E-state index contributed by atoms with van der Waals surface area (Å²) in [5, 5.41) is 15.1. The van der Waals surface area contributed by atoms with Gasteiger partial charge in [0.2, 0.25) is 5.91 Å². The number of aliphatic hydroxyl groups is 1. The molecule has 234 valence electrons. The molecule has 0 bridgehead atoms. The van der Waals surface area contributed by atoms with Gasteiger partial charge < -0.3 is 27.2 Å². The number of amides is 1. The van der Waals surface area contributed by atoms with Crippen LogP contribution in [0, 0.1) is 29.1 Å². The highest BCUT2D eigenvalue weighted by Gasteiger charge is 2.32. The number of nitrogens with zero attached hydrogens (tertiary/aromatic N) is 1. The van der Waals surface area contributed by atoms with Crippen LogP contribution >= 0.6 is 0 Å². The van der Waals surface area contributed by atoms with Gasteiger partial charge in [0, 0.05) is 30.6 Å². The van der Waals surface area contributed by atoms with Gasteiger partial charge in [-0.3, -0.25) is 9.79 Å². The highest BCUT2D eigenvalue weighted by molar-refractivity contribution is 5.76. The molecule has 0 heterocycles. The first kappa shape index (κ1) is 36.3. The number of allylic oxidation sites excluding steroid dienone is 5. The first-order valence-corrected chi connectivity index (χ1v) is 15.9. The lowest BCUT2D eigenvalue weighted by atomic mass is 9.67. The zero-order valence-corrected chi connectivity index (χ0v) is 26.8. The van der Waals surface area contributed by atoms with Crippen LogP contribution in [-0.2, 0) is 4.79 Å². The normalized spacial score (nSPS) is 21.4. The van der Waals surface area contributed by atoms with Gasteiger partial charge in [0.05, 0.1) is 12.3 Å². The molecule has 7 N–H and O–H groups in total. The minimum absolute atomic E-state index is 0.0972. The summed E-state index contributed by atoms with van der Waals surface area (Å²) in [7, 11) is 0. The van der Waals surface area contributed by atoms with Gasteiger partial charge in [-0.2, -0.15) is 0 Å². The van der Waals surface area contributed by atoms with Crippen LogP contribution in [0.1, 0.15) is 105 Å². The highest BCUT2D eigenvalue weighted by atomic mass is 16.3. The Balaban J connectivity index is 0.000000915. The maximum absolute atomic E-state index is 12.1. The maximum atomic E-state index is 12.1. The quantitative estimate of drug-likeness (QED) is 0.0562. The lowest BCUT2D eigenvalue weighted by molar-refractivity contribution is -0.121. The van der Waals surface area contributed by atoms with E-state index >= 15 is 0 Å². The van der Waals surface area contributed by atoms with Gasteiger partial charge in [-0.15, -0.1) is 0 Å². The molecule has 0 saturated heterocycles. The van der Waals surface area contributed by atoms with E-state index in [0.717, 1.165) is 62.1 Å². The third-order valence-corrected chi connectivity index (χ3v) is 8.73. The van der Waals surface area contributed by atoms with Gasteiger partial charge in [-0.25, -0.2) is 0 Å². The summed E-state index contributed by atoms with van der Waals surface area (Å²) in [6, 6.07) is 0. The van der Waals surface area contributed by atoms with E-state index in [4.69, 9.17) is 16.6 Å². The second-order valence-corrected chi connectivity index (χ2v) is 12.7. The van der Waals surface area contributed by atoms with Crippen LogP contribution in [0.25, 0.3) is 0 Å². The summed E-state index contributed by atoms with van der Waals surface area (Å²) in [5.41, 5.74) is 12.9. The predicted molar refractivity (Wildman–Crippen MR) is 175 cm³/mol. The van der Waals surface area contributed by atoms with E-state index in [1.54, 1.807) is 5.57 Å². The van der Waals surface area contributed by atoms with Crippen molar-refractivity contribution < 1.29 is 9.90 Å². The van der Waals surface area contributed by atoms with Gasteiger partial charge in [-0.05, 0) is 74.2 Å². The molecule has 0 aromatic heterocycles. The van der Waals surface area contributed by atoms with E-state index in [1.807, 2.05) is 20.8 Å². The fourth-order valence-electron chi connectivity index (χ4n) is 5.31. The van der Waals surface area contributed by atoms with Crippen LogP contribution < -0.4 is 22.1 Å². The SMILES string of the molecule is C=C(CNC(=O)CCCCCCC1C(C)C=CC2=C[C@H](C)CCC21)NCCCCN=C(N)N.C=C(O)C(C)(C)CC. The fraction of sp³-hybridized carbons (Fsp3) is 0.706. The van der Waals surface area contributed by atoms with Crippen molar-refractivity contribution in [2.45, 2.75) is 105 Å². The number of carbonyl (C=O) groups excluding carboxylic acids is 1. The number of nitrogens with one attached hydrogen (secondary N) is 2. The zero-order chi connectivity index (χ0) is 30.8. The topological polar surface area (TPSA) is 126 Å². The largest absolute Gasteiger partial charge is 0.512 e. The number of hydrogen-bond donors (Lipinski definition) is 5. The lowest BCUT2D eigenvalue weighted by Crippen LogP contribution is -2.30. The molecule has 0 spiro atoms. The third kappa shape index (κ3) is 15.2. The number of unbranched alkanes of at least 4 members (excludes halogenated alkanes) is 4. The number of guanidine groups is 1. The van der Waals surface area contributed by atoms with Gasteiger partial charge in [0.15, 0.2) is 5.96 Å². The predicted octanol–water partition coefficient (Wildman–Crippen LogP) is 6.89. The molecule has 7 nitrogen and oxygen atoms in total. The zero-order valence-electron chi connectivity index (χ0n) is 26.8. The van der Waals surface area contributed by atoms with Crippen LogP contribution in [0.15, 0.2) is 53.4 Å². The van der Waals surface area contributed by atoms with Gasteiger partial charge >= 0.3 is 0 Å². The molecule has 0 aromatic carbocycles. The molecule has 0 radical (unpaired) electrons. The number of aliphatic imine (C=N–C) groups is 1. The average molecular weight is 572 g/mol. The minimum atomic E-state index is -0.0972. The van der Waals surface area contributed by atoms with Crippen molar-refractivity contribution in [3.8, 4) is 0 Å². The van der Waals surface area contributed by atoms with E-state index in [-0.39, 0.29) is 23.0 Å². The molecule has 4 atom stereocenters. The van der Waals surface area contributed by atoms with Gasteiger partial charge in [-0.1, -0.05) is 85.3 Å². The Morgan fingerprint density at radius 2 is 1.78 bits per heavy atom. The number of nitrogens with two attached hydrogens (primary N) is 2. The molecule has 0 aliphatic heterocycles. The molecule has 1 amide bonds. The highest BCUT2D eigenvalue weighted by Crippen LogP contribution is 2.43. The van der Waals surface area contributed by atoms with E-state index in [0.29, 0.717) is 25.4 Å². The number of hydrogen-bond acceptors (Lipinski definition) is 4. The van der Waals surface area contributed by atoms with E-state index in [1.165, 1.54) is 32.1 Å². The van der Waals surface area contributed by atoms with Crippen molar-refractivity contribution in [3.05, 3.63) is 48.4 Å². The monoisotopic (exact) mass is 571 g/mol. The Hall–Kier alpha value is -2.70. The minimum Gasteiger partial charge on any atom is -0.512 e. The summed E-state index contributed by atoms with van der Waals surface area (Å²) in [6.07, 6.45) is 19.3. The Bertz CT molecular complexity index is 901. The third-order valence-electron chi connectivity index (χ3n) is 8.73. The molecule has 0 aromatic rings. The van der Waals surface area contributed by atoms with Crippen LogP contribution in [-0.4, -0.2) is 36.6 Å². The van der Waals surface area contributed by atoms with Crippen LogP contribution in [0.2, 0.25) is 0 Å².